The number of methoxy groups -OCH3 is 1. The van der Waals surface area contributed by atoms with E-state index in [2.05, 4.69) is 15.6 Å². The fraction of sp³-hybridized carbons (Fsp3) is 0.600. The molecule has 1 amide bonds. The average molecular weight is 506 g/mol. The van der Waals surface area contributed by atoms with Gasteiger partial charge in [-0.15, -0.1) is 24.0 Å². The molecule has 0 saturated heterocycles. The van der Waals surface area contributed by atoms with Crippen LogP contribution < -0.4 is 15.4 Å². The van der Waals surface area contributed by atoms with Gasteiger partial charge in [-0.3, -0.25) is 9.79 Å². The summed E-state index contributed by atoms with van der Waals surface area (Å²) in [5.74, 6) is 0.580. The van der Waals surface area contributed by atoms with Crippen molar-refractivity contribution in [3.63, 3.8) is 0 Å². The van der Waals surface area contributed by atoms with Gasteiger partial charge < -0.3 is 20.3 Å². The van der Waals surface area contributed by atoms with E-state index < -0.39 is 5.82 Å². The van der Waals surface area contributed by atoms with Crippen LogP contribution >= 0.6 is 24.0 Å². The highest BCUT2D eigenvalue weighted by Crippen LogP contribution is 2.38. The second kappa shape index (κ2) is 10.8. The fourth-order valence-corrected chi connectivity index (χ4v) is 3.68. The molecule has 0 heterocycles. The Morgan fingerprint density at radius 1 is 1.36 bits per heavy atom. The number of amides is 1. The highest BCUT2D eigenvalue weighted by Gasteiger charge is 2.42. The third kappa shape index (κ3) is 5.71. The van der Waals surface area contributed by atoms with Crippen molar-refractivity contribution in [1.29, 1.82) is 0 Å². The molecule has 0 radical (unpaired) electrons. The number of carbonyl (C=O) groups is 1. The Kier molecular flexibility index (Phi) is 9.46. The molecule has 1 aromatic carbocycles. The Labute approximate surface area is 184 Å². The number of guanidine groups is 1. The van der Waals surface area contributed by atoms with Gasteiger partial charge in [-0.1, -0.05) is 18.9 Å². The Morgan fingerprint density at radius 3 is 2.50 bits per heavy atom. The number of benzene rings is 1. The smallest absolute Gasteiger partial charge is 0.230 e. The summed E-state index contributed by atoms with van der Waals surface area (Å²) in [4.78, 5) is 18.6. The maximum absolute atomic E-state index is 14.0. The van der Waals surface area contributed by atoms with Gasteiger partial charge in [0.25, 0.3) is 0 Å². The van der Waals surface area contributed by atoms with E-state index in [0.717, 1.165) is 31.2 Å². The first-order valence-corrected chi connectivity index (χ1v) is 9.35. The lowest BCUT2D eigenvalue weighted by atomic mass is 9.84. The minimum absolute atomic E-state index is 0. The number of rotatable bonds is 6. The van der Waals surface area contributed by atoms with Gasteiger partial charge in [0.05, 0.1) is 18.6 Å². The summed E-state index contributed by atoms with van der Waals surface area (Å²) in [5, 5.41) is 6.56. The predicted octanol–water partition coefficient (Wildman–Crippen LogP) is 3.33. The third-order valence-corrected chi connectivity index (χ3v) is 5.27. The lowest BCUT2D eigenvalue weighted by Gasteiger charge is -2.31. The summed E-state index contributed by atoms with van der Waals surface area (Å²) >= 11 is 0. The standard InChI is InChI=1S/C20H31FN4O2.HI/c1-14(15-8-9-17(27-5)16(21)12-15)24-19(22-2)23-13-20(10-6-7-11-20)18(26)25(3)4;/h8-9,12,14H,6-7,10-11,13H2,1-5H3,(H2,22,23,24);1H. The lowest BCUT2D eigenvalue weighted by Crippen LogP contribution is -2.49. The number of carbonyl (C=O) groups excluding carboxylic acids is 1. The zero-order valence-electron chi connectivity index (χ0n) is 17.3. The lowest BCUT2D eigenvalue weighted by molar-refractivity contribution is -0.138. The molecule has 8 heteroatoms. The van der Waals surface area contributed by atoms with Crippen molar-refractivity contribution in [3.05, 3.63) is 29.6 Å². The van der Waals surface area contributed by atoms with E-state index in [1.54, 1.807) is 32.1 Å². The minimum atomic E-state index is -0.395. The molecule has 0 aliphatic heterocycles. The molecule has 158 valence electrons. The maximum atomic E-state index is 14.0. The first-order valence-electron chi connectivity index (χ1n) is 9.35. The van der Waals surface area contributed by atoms with Crippen LogP contribution in [0.3, 0.4) is 0 Å². The zero-order valence-corrected chi connectivity index (χ0v) is 19.7. The van der Waals surface area contributed by atoms with E-state index in [1.807, 2.05) is 13.0 Å². The van der Waals surface area contributed by atoms with E-state index in [0.29, 0.717) is 12.5 Å². The number of nitrogens with zero attached hydrogens (tertiary/aromatic N) is 2. The van der Waals surface area contributed by atoms with E-state index >= 15 is 0 Å². The first-order chi connectivity index (χ1) is 12.8. The van der Waals surface area contributed by atoms with Crippen LogP contribution in [0.1, 0.15) is 44.2 Å². The molecule has 1 atom stereocenters. The highest BCUT2D eigenvalue weighted by atomic mass is 127. The van der Waals surface area contributed by atoms with Gasteiger partial charge in [-0.25, -0.2) is 4.39 Å². The van der Waals surface area contributed by atoms with Gasteiger partial charge in [0.2, 0.25) is 5.91 Å². The van der Waals surface area contributed by atoms with Crippen molar-refractivity contribution in [2.75, 3.05) is 34.8 Å². The van der Waals surface area contributed by atoms with Gasteiger partial charge in [0, 0.05) is 27.7 Å². The third-order valence-electron chi connectivity index (χ3n) is 5.27. The molecule has 6 nitrogen and oxygen atoms in total. The molecular formula is C20H32FIN4O2. The monoisotopic (exact) mass is 506 g/mol. The Bertz CT molecular complexity index is 691. The molecule has 0 aromatic heterocycles. The molecule has 1 aliphatic rings. The van der Waals surface area contributed by atoms with Crippen molar-refractivity contribution in [1.82, 2.24) is 15.5 Å². The highest BCUT2D eigenvalue weighted by molar-refractivity contribution is 14.0. The van der Waals surface area contributed by atoms with Crippen LogP contribution in [0, 0.1) is 11.2 Å². The van der Waals surface area contributed by atoms with Gasteiger partial charge in [0.1, 0.15) is 0 Å². The number of halogens is 2. The Balaban J connectivity index is 0.00000392. The van der Waals surface area contributed by atoms with Crippen LogP contribution in [-0.4, -0.2) is 51.6 Å². The molecular weight excluding hydrogens is 474 g/mol. The first kappa shape index (κ1) is 24.5. The van der Waals surface area contributed by atoms with Crippen molar-refractivity contribution in [3.8, 4) is 5.75 Å². The van der Waals surface area contributed by atoms with Crippen molar-refractivity contribution in [2.45, 2.75) is 38.6 Å². The van der Waals surface area contributed by atoms with Crippen molar-refractivity contribution < 1.29 is 13.9 Å². The number of hydrogen-bond acceptors (Lipinski definition) is 3. The summed E-state index contributed by atoms with van der Waals surface area (Å²) in [5.41, 5.74) is 0.410. The van der Waals surface area contributed by atoms with Crippen molar-refractivity contribution >= 4 is 35.8 Å². The molecule has 0 bridgehead atoms. The van der Waals surface area contributed by atoms with Crippen LogP contribution in [0.5, 0.6) is 5.75 Å². The average Bonchev–Trinajstić information content (AvgIpc) is 3.14. The second-order valence-electron chi connectivity index (χ2n) is 7.37. The zero-order chi connectivity index (χ0) is 20.0. The fourth-order valence-electron chi connectivity index (χ4n) is 3.68. The molecule has 1 unspecified atom stereocenters. The van der Waals surface area contributed by atoms with Crippen LogP contribution in [-0.2, 0) is 4.79 Å². The number of nitrogens with one attached hydrogen (secondary N) is 2. The van der Waals surface area contributed by atoms with Gasteiger partial charge >= 0.3 is 0 Å². The molecule has 0 spiro atoms. The topological polar surface area (TPSA) is 66.0 Å². The summed E-state index contributed by atoms with van der Waals surface area (Å²) in [6, 6.07) is 4.74. The second-order valence-corrected chi connectivity index (χ2v) is 7.37. The minimum Gasteiger partial charge on any atom is -0.494 e. The number of aliphatic imine (C=N–C) groups is 1. The maximum Gasteiger partial charge on any atom is 0.230 e. The molecule has 1 aliphatic carbocycles. The predicted molar refractivity (Wildman–Crippen MR) is 121 cm³/mol. The van der Waals surface area contributed by atoms with Crippen LogP contribution in [0.2, 0.25) is 0 Å². The quantitative estimate of drug-likeness (QED) is 0.353. The van der Waals surface area contributed by atoms with E-state index in [9.17, 15) is 9.18 Å². The summed E-state index contributed by atoms with van der Waals surface area (Å²) in [7, 11) is 6.73. The van der Waals surface area contributed by atoms with Crippen LogP contribution in [0.15, 0.2) is 23.2 Å². The van der Waals surface area contributed by atoms with Gasteiger partial charge in [-0.05, 0) is 37.5 Å². The van der Waals surface area contributed by atoms with E-state index in [4.69, 9.17) is 4.74 Å². The van der Waals surface area contributed by atoms with E-state index in [1.165, 1.54) is 13.2 Å². The molecule has 2 N–H and O–H groups in total. The molecule has 1 fully saturated rings. The Morgan fingerprint density at radius 2 is 2.00 bits per heavy atom. The van der Waals surface area contributed by atoms with Gasteiger partial charge in [0.15, 0.2) is 17.5 Å². The largest absolute Gasteiger partial charge is 0.494 e. The van der Waals surface area contributed by atoms with E-state index in [-0.39, 0.29) is 47.1 Å². The number of hydrogen-bond donors (Lipinski definition) is 2. The van der Waals surface area contributed by atoms with Crippen LogP contribution in [0.25, 0.3) is 0 Å². The molecule has 1 aromatic rings. The number of ether oxygens (including phenoxy) is 1. The molecule has 2 rings (SSSR count). The van der Waals surface area contributed by atoms with Gasteiger partial charge in [-0.2, -0.15) is 0 Å². The van der Waals surface area contributed by atoms with Crippen molar-refractivity contribution in [2.24, 2.45) is 10.4 Å². The summed E-state index contributed by atoms with van der Waals surface area (Å²) < 4.78 is 18.9. The summed E-state index contributed by atoms with van der Waals surface area (Å²) in [6.45, 7) is 2.47. The normalized spacial score (nSPS) is 16.7. The molecule has 28 heavy (non-hydrogen) atoms. The summed E-state index contributed by atoms with van der Waals surface area (Å²) in [6.07, 6.45) is 3.89. The molecule has 1 saturated carbocycles. The Hall–Kier alpha value is -1.58. The SMILES string of the molecule is CN=C(NCC1(C(=O)N(C)C)CCCC1)NC(C)c1ccc(OC)c(F)c1.I. The van der Waals surface area contributed by atoms with Crippen LogP contribution in [0.4, 0.5) is 4.39 Å².